The molecule has 2 unspecified atom stereocenters. The summed E-state index contributed by atoms with van der Waals surface area (Å²) in [6, 6.07) is 0.298. The first kappa shape index (κ1) is 22.5. The smallest absolute Gasteiger partial charge is 0.317 e. The van der Waals surface area contributed by atoms with Crippen LogP contribution in [0.2, 0.25) is 0 Å². The largest absolute Gasteiger partial charge is 0.480 e. The number of likely N-dealkylation sites (tertiary alicyclic amines) is 1. The number of amides is 3. The van der Waals surface area contributed by atoms with Crippen LogP contribution in [0.1, 0.15) is 59.3 Å². The first-order valence-corrected chi connectivity index (χ1v) is 10.7. The van der Waals surface area contributed by atoms with Crippen LogP contribution in [0.15, 0.2) is 0 Å². The van der Waals surface area contributed by atoms with Crippen LogP contribution < -0.4 is 10.6 Å². The molecule has 0 aromatic carbocycles. The van der Waals surface area contributed by atoms with E-state index in [2.05, 4.69) is 17.6 Å². The van der Waals surface area contributed by atoms with Crippen molar-refractivity contribution in [3.05, 3.63) is 0 Å². The lowest BCUT2D eigenvalue weighted by molar-refractivity contribution is -0.139. The van der Waals surface area contributed by atoms with Gasteiger partial charge in [-0.2, -0.15) is 0 Å². The number of hydrogen-bond donors (Lipinski definition) is 3. The molecule has 0 aromatic rings. The molecule has 3 amide bonds. The van der Waals surface area contributed by atoms with Gasteiger partial charge in [-0.05, 0) is 45.6 Å². The van der Waals surface area contributed by atoms with Crippen molar-refractivity contribution in [1.29, 1.82) is 0 Å². The summed E-state index contributed by atoms with van der Waals surface area (Å²) in [7, 11) is 0. The van der Waals surface area contributed by atoms with Gasteiger partial charge in [-0.1, -0.05) is 20.3 Å². The summed E-state index contributed by atoms with van der Waals surface area (Å²) < 4.78 is 0. The van der Waals surface area contributed by atoms with Crippen LogP contribution in [0.3, 0.4) is 0 Å². The summed E-state index contributed by atoms with van der Waals surface area (Å²) in [5.74, 6) is -0.909. The molecule has 0 spiro atoms. The highest BCUT2D eigenvalue weighted by Gasteiger charge is 2.37. The summed E-state index contributed by atoms with van der Waals surface area (Å²) in [5.41, 5.74) is 0. The number of rotatable bonds is 9. The van der Waals surface area contributed by atoms with Gasteiger partial charge < -0.3 is 20.6 Å². The first-order chi connectivity index (χ1) is 13.3. The molecule has 8 nitrogen and oxygen atoms in total. The van der Waals surface area contributed by atoms with Gasteiger partial charge in [0.15, 0.2) is 0 Å². The average Bonchev–Trinajstić information content (AvgIpc) is 2.62. The SMILES string of the molecule is CCCCNC(=O)C1CCC(C)N(C(=O)NC2CC(N(CC)CC(=O)O)C2)C1. The summed E-state index contributed by atoms with van der Waals surface area (Å²) >= 11 is 0. The molecule has 1 saturated heterocycles. The number of carbonyl (C=O) groups is 3. The van der Waals surface area contributed by atoms with E-state index in [0.717, 1.165) is 38.5 Å². The van der Waals surface area contributed by atoms with E-state index in [1.807, 2.05) is 18.7 Å². The Morgan fingerprint density at radius 1 is 1.18 bits per heavy atom. The number of urea groups is 1. The molecule has 8 heteroatoms. The number of nitrogens with one attached hydrogen (secondary N) is 2. The Kier molecular flexibility index (Phi) is 8.54. The molecule has 28 heavy (non-hydrogen) atoms. The van der Waals surface area contributed by atoms with Crippen LogP contribution in [0.5, 0.6) is 0 Å². The second-order valence-electron chi connectivity index (χ2n) is 8.15. The lowest BCUT2D eigenvalue weighted by atomic mass is 9.85. The molecule has 160 valence electrons. The van der Waals surface area contributed by atoms with Gasteiger partial charge in [0.05, 0.1) is 12.5 Å². The number of aliphatic carboxylic acids is 1. The molecule has 0 bridgehead atoms. The molecular weight excluding hydrogens is 360 g/mol. The summed E-state index contributed by atoms with van der Waals surface area (Å²) in [6.45, 7) is 7.96. The molecule has 1 aliphatic carbocycles. The Morgan fingerprint density at radius 3 is 2.50 bits per heavy atom. The number of carbonyl (C=O) groups excluding carboxylic acids is 2. The maximum absolute atomic E-state index is 12.7. The van der Waals surface area contributed by atoms with E-state index in [4.69, 9.17) is 5.11 Å². The van der Waals surface area contributed by atoms with E-state index in [-0.39, 0.29) is 42.5 Å². The number of piperidine rings is 1. The van der Waals surface area contributed by atoms with Gasteiger partial charge in [-0.3, -0.25) is 14.5 Å². The Balaban J connectivity index is 1.79. The van der Waals surface area contributed by atoms with Crippen LogP contribution in [0.4, 0.5) is 4.79 Å². The van der Waals surface area contributed by atoms with E-state index in [0.29, 0.717) is 19.6 Å². The van der Waals surface area contributed by atoms with Gasteiger partial charge in [-0.25, -0.2) is 4.79 Å². The minimum atomic E-state index is -0.820. The third-order valence-electron chi connectivity index (χ3n) is 6.04. The highest BCUT2D eigenvalue weighted by Crippen LogP contribution is 2.27. The summed E-state index contributed by atoms with van der Waals surface area (Å²) in [6.07, 6.45) is 5.20. The standard InChI is InChI=1S/C20H36N4O4/c1-4-6-9-21-19(27)15-8-7-14(3)24(12-15)20(28)22-16-10-17(11-16)23(5-2)13-18(25)26/h14-17H,4-13H2,1-3H3,(H,21,27)(H,22,28)(H,25,26). The Morgan fingerprint density at radius 2 is 1.89 bits per heavy atom. The molecule has 1 saturated carbocycles. The average molecular weight is 397 g/mol. The zero-order chi connectivity index (χ0) is 20.7. The van der Waals surface area contributed by atoms with Gasteiger partial charge in [-0.15, -0.1) is 0 Å². The second-order valence-corrected chi connectivity index (χ2v) is 8.15. The number of nitrogens with zero attached hydrogens (tertiary/aromatic N) is 2. The molecule has 2 atom stereocenters. The van der Waals surface area contributed by atoms with Crippen molar-refractivity contribution in [2.75, 3.05) is 26.2 Å². The molecular formula is C20H36N4O4. The zero-order valence-corrected chi connectivity index (χ0v) is 17.4. The molecule has 1 heterocycles. The van der Waals surface area contributed by atoms with Gasteiger partial charge >= 0.3 is 12.0 Å². The number of carboxylic acid groups (broad SMARTS) is 1. The van der Waals surface area contributed by atoms with E-state index in [1.165, 1.54) is 0 Å². The predicted octanol–water partition coefficient (Wildman–Crippen LogP) is 1.65. The van der Waals surface area contributed by atoms with Crippen LogP contribution in [-0.4, -0.2) is 77.1 Å². The maximum Gasteiger partial charge on any atom is 0.317 e. The van der Waals surface area contributed by atoms with E-state index < -0.39 is 5.97 Å². The van der Waals surface area contributed by atoms with Gasteiger partial charge in [0.1, 0.15) is 0 Å². The van der Waals surface area contributed by atoms with Crippen molar-refractivity contribution < 1.29 is 19.5 Å². The lowest BCUT2D eigenvalue weighted by Crippen LogP contribution is -2.59. The minimum absolute atomic E-state index is 0.0415. The van der Waals surface area contributed by atoms with Crippen molar-refractivity contribution in [2.45, 2.75) is 77.4 Å². The molecule has 1 aliphatic heterocycles. The molecule has 2 aliphatic rings. The number of likely N-dealkylation sites (N-methyl/N-ethyl adjacent to an activating group) is 1. The molecule has 2 fully saturated rings. The second kappa shape index (κ2) is 10.6. The van der Waals surface area contributed by atoms with Crippen molar-refractivity contribution in [3.8, 4) is 0 Å². The monoisotopic (exact) mass is 396 g/mol. The van der Waals surface area contributed by atoms with E-state index in [9.17, 15) is 14.4 Å². The Bertz CT molecular complexity index is 550. The van der Waals surface area contributed by atoms with Crippen LogP contribution in [-0.2, 0) is 9.59 Å². The fourth-order valence-electron chi connectivity index (χ4n) is 4.07. The van der Waals surface area contributed by atoms with Crippen molar-refractivity contribution >= 4 is 17.9 Å². The molecule has 0 radical (unpaired) electrons. The number of hydrogen-bond acceptors (Lipinski definition) is 4. The molecule has 3 N–H and O–H groups in total. The highest BCUT2D eigenvalue weighted by atomic mass is 16.4. The summed E-state index contributed by atoms with van der Waals surface area (Å²) in [4.78, 5) is 39.7. The zero-order valence-electron chi connectivity index (χ0n) is 17.4. The van der Waals surface area contributed by atoms with Crippen molar-refractivity contribution in [1.82, 2.24) is 20.4 Å². The van der Waals surface area contributed by atoms with Crippen LogP contribution in [0.25, 0.3) is 0 Å². The number of unbranched alkanes of at least 4 members (excludes halogenated alkanes) is 1. The van der Waals surface area contributed by atoms with Crippen LogP contribution in [0, 0.1) is 5.92 Å². The highest BCUT2D eigenvalue weighted by molar-refractivity contribution is 5.81. The fraction of sp³-hybridized carbons (Fsp3) is 0.850. The maximum atomic E-state index is 12.7. The first-order valence-electron chi connectivity index (χ1n) is 10.7. The number of carboxylic acids is 1. The van der Waals surface area contributed by atoms with E-state index in [1.54, 1.807) is 4.90 Å². The van der Waals surface area contributed by atoms with Crippen LogP contribution >= 0.6 is 0 Å². The lowest BCUT2D eigenvalue weighted by Gasteiger charge is -2.44. The third-order valence-corrected chi connectivity index (χ3v) is 6.04. The van der Waals surface area contributed by atoms with Gasteiger partial charge in [0.25, 0.3) is 0 Å². The van der Waals surface area contributed by atoms with Gasteiger partial charge in [0.2, 0.25) is 5.91 Å². The normalized spacial score (nSPS) is 27.2. The van der Waals surface area contributed by atoms with E-state index >= 15 is 0 Å². The third kappa shape index (κ3) is 6.09. The van der Waals surface area contributed by atoms with Gasteiger partial charge in [0, 0.05) is 31.2 Å². The minimum Gasteiger partial charge on any atom is -0.480 e. The fourth-order valence-corrected chi connectivity index (χ4v) is 4.07. The Labute approximate surface area is 168 Å². The molecule has 0 aromatic heterocycles. The molecule has 2 rings (SSSR count). The van der Waals surface area contributed by atoms with Crippen molar-refractivity contribution in [2.24, 2.45) is 5.92 Å². The predicted molar refractivity (Wildman–Crippen MR) is 107 cm³/mol. The quantitative estimate of drug-likeness (QED) is 0.515. The Hall–Kier alpha value is -1.83. The summed E-state index contributed by atoms with van der Waals surface area (Å²) in [5, 5.41) is 15.0. The topological polar surface area (TPSA) is 102 Å². The van der Waals surface area contributed by atoms with Crippen molar-refractivity contribution in [3.63, 3.8) is 0 Å².